The molecule has 2 N–H and O–H groups in total. The lowest BCUT2D eigenvalue weighted by molar-refractivity contribution is -0.127. The molecule has 0 unspecified atom stereocenters. The van der Waals surface area contributed by atoms with Crippen molar-refractivity contribution in [1.82, 2.24) is 14.7 Å². The Morgan fingerprint density at radius 2 is 2.06 bits per heavy atom. The molecule has 1 aromatic rings. The van der Waals surface area contributed by atoms with E-state index in [1.165, 1.54) is 0 Å². The minimum atomic E-state index is 0.0844. The molecule has 1 fully saturated rings. The van der Waals surface area contributed by atoms with Gasteiger partial charge in [-0.05, 0) is 20.4 Å². The molecule has 1 saturated heterocycles. The molecule has 94 valence electrons. The number of aryl methyl sites for hydroxylation is 2. The maximum Gasteiger partial charge on any atom is 0.223 e. The van der Waals surface area contributed by atoms with Gasteiger partial charge in [0.1, 0.15) is 0 Å². The fourth-order valence-electron chi connectivity index (χ4n) is 2.81. The quantitative estimate of drug-likeness (QED) is 0.814. The summed E-state index contributed by atoms with van der Waals surface area (Å²) in [4.78, 5) is 13.6. The largest absolute Gasteiger partial charge is 0.338 e. The van der Waals surface area contributed by atoms with Crippen LogP contribution < -0.4 is 5.73 Å². The van der Waals surface area contributed by atoms with E-state index >= 15 is 0 Å². The number of carbonyl (C=O) groups is 1. The third-order valence-corrected chi connectivity index (χ3v) is 3.86. The van der Waals surface area contributed by atoms with Gasteiger partial charge in [-0.3, -0.25) is 9.48 Å². The molecule has 0 bridgehead atoms. The van der Waals surface area contributed by atoms with Crippen LogP contribution >= 0.6 is 0 Å². The van der Waals surface area contributed by atoms with Crippen LogP contribution in [0.3, 0.4) is 0 Å². The average Bonchev–Trinajstić information content (AvgIpc) is 2.69. The normalized spacial score (nSPS) is 24.8. The molecule has 1 aliphatic rings. The van der Waals surface area contributed by atoms with Crippen molar-refractivity contribution in [2.75, 3.05) is 13.6 Å². The van der Waals surface area contributed by atoms with Gasteiger partial charge in [-0.25, -0.2) is 0 Å². The smallest absolute Gasteiger partial charge is 0.223 e. The maximum absolute atomic E-state index is 11.8. The number of amides is 1. The van der Waals surface area contributed by atoms with Gasteiger partial charge in [-0.15, -0.1) is 0 Å². The van der Waals surface area contributed by atoms with Crippen LogP contribution in [0.4, 0.5) is 0 Å². The van der Waals surface area contributed by atoms with Gasteiger partial charge in [0.25, 0.3) is 0 Å². The van der Waals surface area contributed by atoms with Crippen LogP contribution in [0, 0.1) is 19.8 Å². The van der Waals surface area contributed by atoms with Crippen LogP contribution in [0.5, 0.6) is 0 Å². The van der Waals surface area contributed by atoms with Crippen molar-refractivity contribution in [3.8, 4) is 0 Å². The summed E-state index contributed by atoms with van der Waals surface area (Å²) in [6.45, 7) is 4.57. The monoisotopic (exact) mass is 236 g/mol. The number of likely N-dealkylation sites (tertiary alicyclic amines) is 1. The Balaban J connectivity index is 2.47. The van der Waals surface area contributed by atoms with E-state index in [4.69, 9.17) is 5.73 Å². The van der Waals surface area contributed by atoms with Crippen LogP contribution in [-0.4, -0.2) is 34.2 Å². The number of hydrogen-bond acceptors (Lipinski definition) is 3. The highest BCUT2D eigenvalue weighted by Gasteiger charge is 2.40. The molecule has 0 aromatic carbocycles. The van der Waals surface area contributed by atoms with E-state index in [2.05, 4.69) is 5.10 Å². The molecule has 2 atom stereocenters. The van der Waals surface area contributed by atoms with Crippen LogP contribution in [0.25, 0.3) is 0 Å². The van der Waals surface area contributed by atoms with Gasteiger partial charge >= 0.3 is 0 Å². The average molecular weight is 236 g/mol. The molecule has 0 saturated carbocycles. The number of hydrogen-bond donors (Lipinski definition) is 1. The Hall–Kier alpha value is -1.36. The van der Waals surface area contributed by atoms with Crippen molar-refractivity contribution < 1.29 is 4.79 Å². The van der Waals surface area contributed by atoms with Crippen LogP contribution in [0.15, 0.2) is 0 Å². The van der Waals surface area contributed by atoms with E-state index in [-0.39, 0.29) is 17.9 Å². The Labute approximate surface area is 102 Å². The Bertz CT molecular complexity index is 452. The van der Waals surface area contributed by atoms with Crippen molar-refractivity contribution in [3.63, 3.8) is 0 Å². The van der Waals surface area contributed by atoms with Crippen molar-refractivity contribution >= 4 is 5.91 Å². The Morgan fingerprint density at radius 3 is 2.53 bits per heavy atom. The highest BCUT2D eigenvalue weighted by Crippen LogP contribution is 2.38. The molecule has 2 rings (SSSR count). The first-order valence-corrected chi connectivity index (χ1v) is 5.93. The van der Waals surface area contributed by atoms with Crippen molar-refractivity contribution in [2.45, 2.75) is 26.3 Å². The fraction of sp³-hybridized carbons (Fsp3) is 0.667. The van der Waals surface area contributed by atoms with Crippen molar-refractivity contribution in [2.24, 2.45) is 18.7 Å². The van der Waals surface area contributed by atoms with Gasteiger partial charge in [-0.2, -0.15) is 5.10 Å². The molecule has 0 radical (unpaired) electrons. The molecule has 17 heavy (non-hydrogen) atoms. The second kappa shape index (κ2) is 4.14. The SMILES string of the molecule is Cc1nn(C)c(C)c1[C@H]1[C@@H](CN)CC(=O)N1C. The Morgan fingerprint density at radius 1 is 1.41 bits per heavy atom. The highest BCUT2D eigenvalue weighted by atomic mass is 16.2. The lowest BCUT2D eigenvalue weighted by Crippen LogP contribution is -2.27. The number of carbonyl (C=O) groups excluding carboxylic acids is 1. The fourth-order valence-corrected chi connectivity index (χ4v) is 2.81. The Kier molecular flexibility index (Phi) is 2.95. The van der Waals surface area contributed by atoms with Crippen LogP contribution in [0.2, 0.25) is 0 Å². The summed E-state index contributed by atoms with van der Waals surface area (Å²) in [6.07, 6.45) is 0.547. The number of nitrogens with zero attached hydrogens (tertiary/aromatic N) is 3. The van der Waals surface area contributed by atoms with E-state index in [1.807, 2.05) is 37.5 Å². The first kappa shape index (κ1) is 12.1. The molecule has 0 aliphatic carbocycles. The summed E-state index contributed by atoms with van der Waals surface area (Å²) in [6, 6.07) is 0.0844. The molecule has 2 heterocycles. The molecule has 5 nitrogen and oxygen atoms in total. The lowest BCUT2D eigenvalue weighted by Gasteiger charge is -2.25. The first-order valence-electron chi connectivity index (χ1n) is 5.93. The molecular formula is C12H20N4O. The summed E-state index contributed by atoms with van der Waals surface area (Å²) >= 11 is 0. The van der Waals surface area contributed by atoms with Gasteiger partial charge in [0.2, 0.25) is 5.91 Å². The van der Waals surface area contributed by atoms with Crippen LogP contribution in [0.1, 0.15) is 29.4 Å². The summed E-state index contributed by atoms with van der Waals surface area (Å²) in [7, 11) is 3.79. The number of aromatic nitrogens is 2. The molecule has 0 spiro atoms. The molecule has 5 heteroatoms. The van der Waals surface area contributed by atoms with E-state index in [0.717, 1.165) is 17.0 Å². The molecular weight excluding hydrogens is 216 g/mol. The van der Waals surface area contributed by atoms with E-state index in [9.17, 15) is 4.79 Å². The number of rotatable bonds is 2. The van der Waals surface area contributed by atoms with Crippen LogP contribution in [-0.2, 0) is 11.8 Å². The molecule has 1 amide bonds. The predicted octanol–water partition coefficient (Wildman–Crippen LogP) is 0.515. The van der Waals surface area contributed by atoms with E-state index in [1.54, 1.807) is 0 Å². The maximum atomic E-state index is 11.8. The highest BCUT2D eigenvalue weighted by molar-refractivity contribution is 5.79. The van der Waals surface area contributed by atoms with Gasteiger partial charge in [-0.1, -0.05) is 0 Å². The standard InChI is InChI=1S/C12H20N4O/c1-7-11(8(2)16(4)14-7)12-9(6-13)5-10(17)15(12)3/h9,12H,5-6,13H2,1-4H3/t9-,12-/m1/s1. The predicted molar refractivity (Wildman–Crippen MR) is 65.4 cm³/mol. The summed E-state index contributed by atoms with van der Waals surface area (Å²) in [5.74, 6) is 0.377. The summed E-state index contributed by atoms with van der Waals surface area (Å²) in [5, 5.41) is 4.42. The van der Waals surface area contributed by atoms with E-state index < -0.39 is 0 Å². The zero-order valence-electron chi connectivity index (χ0n) is 10.9. The number of nitrogens with two attached hydrogens (primary N) is 1. The zero-order chi connectivity index (χ0) is 12.7. The molecule has 1 aliphatic heterocycles. The third kappa shape index (κ3) is 1.74. The molecule has 1 aromatic heterocycles. The van der Waals surface area contributed by atoms with Gasteiger partial charge in [0, 0.05) is 37.7 Å². The second-order valence-corrected chi connectivity index (χ2v) is 4.86. The van der Waals surface area contributed by atoms with Crippen molar-refractivity contribution in [3.05, 3.63) is 17.0 Å². The summed E-state index contributed by atoms with van der Waals surface area (Å²) < 4.78 is 1.87. The van der Waals surface area contributed by atoms with Gasteiger partial charge in [0.05, 0.1) is 11.7 Å². The third-order valence-electron chi connectivity index (χ3n) is 3.86. The van der Waals surface area contributed by atoms with E-state index in [0.29, 0.717) is 13.0 Å². The first-order chi connectivity index (χ1) is 7.97. The zero-order valence-corrected chi connectivity index (χ0v) is 10.9. The minimum Gasteiger partial charge on any atom is -0.338 e. The summed E-state index contributed by atoms with van der Waals surface area (Å²) in [5.41, 5.74) is 9.06. The van der Waals surface area contributed by atoms with Gasteiger partial charge < -0.3 is 10.6 Å². The van der Waals surface area contributed by atoms with Gasteiger partial charge in [0.15, 0.2) is 0 Å². The topological polar surface area (TPSA) is 64.2 Å². The minimum absolute atomic E-state index is 0.0844. The second-order valence-electron chi connectivity index (χ2n) is 4.86. The lowest BCUT2D eigenvalue weighted by atomic mass is 9.92. The van der Waals surface area contributed by atoms with Crippen molar-refractivity contribution in [1.29, 1.82) is 0 Å².